The van der Waals surface area contributed by atoms with Gasteiger partial charge in [-0.05, 0) is 31.0 Å². The van der Waals surface area contributed by atoms with Crippen molar-refractivity contribution in [1.82, 2.24) is 10.3 Å². The Balaban J connectivity index is 2.28. The van der Waals surface area contributed by atoms with Crippen molar-refractivity contribution in [3.63, 3.8) is 0 Å². The van der Waals surface area contributed by atoms with Gasteiger partial charge in [0.2, 0.25) is 0 Å². The van der Waals surface area contributed by atoms with Crippen LogP contribution in [0.3, 0.4) is 0 Å². The summed E-state index contributed by atoms with van der Waals surface area (Å²) in [5.41, 5.74) is -0.276. The minimum atomic E-state index is -1.18. The molecule has 132 valence electrons. The molecular formula is C19H22N2O4. The van der Waals surface area contributed by atoms with Gasteiger partial charge < -0.3 is 15.0 Å². The van der Waals surface area contributed by atoms with E-state index >= 15 is 0 Å². The van der Waals surface area contributed by atoms with E-state index in [1.165, 1.54) is 13.2 Å². The molecule has 1 aromatic heterocycles. The largest absolute Gasteiger partial charge is 0.467 e. The predicted molar refractivity (Wildman–Crippen MR) is 95.3 cm³/mol. The molecule has 6 heteroatoms. The van der Waals surface area contributed by atoms with Crippen molar-refractivity contribution in [2.24, 2.45) is 0 Å². The van der Waals surface area contributed by atoms with Crippen LogP contribution in [0.4, 0.5) is 0 Å². The summed E-state index contributed by atoms with van der Waals surface area (Å²) < 4.78 is 4.77. The van der Waals surface area contributed by atoms with Crippen LogP contribution >= 0.6 is 0 Å². The van der Waals surface area contributed by atoms with Crippen LogP contribution in [-0.4, -0.2) is 29.5 Å². The van der Waals surface area contributed by atoms with E-state index in [0.29, 0.717) is 18.5 Å². The number of aromatic nitrogens is 1. The first kappa shape index (κ1) is 18.4. The Morgan fingerprint density at radius 1 is 1.16 bits per heavy atom. The third-order valence-corrected chi connectivity index (χ3v) is 4.01. The second-order valence-corrected chi connectivity index (χ2v) is 6.01. The van der Waals surface area contributed by atoms with Crippen LogP contribution in [0, 0.1) is 0 Å². The van der Waals surface area contributed by atoms with Gasteiger partial charge in [0.15, 0.2) is 0 Å². The number of amides is 1. The molecule has 2 rings (SSSR count). The van der Waals surface area contributed by atoms with E-state index in [1.807, 2.05) is 37.3 Å². The Bertz CT molecular complexity index is 814. The summed E-state index contributed by atoms with van der Waals surface area (Å²) in [4.78, 5) is 39.5. The molecule has 0 aliphatic rings. The number of hydrogen-bond donors (Lipinski definition) is 2. The van der Waals surface area contributed by atoms with Crippen LogP contribution < -0.4 is 10.9 Å². The maximum absolute atomic E-state index is 12.5. The van der Waals surface area contributed by atoms with Crippen LogP contribution in [0.5, 0.6) is 0 Å². The number of rotatable bonds is 6. The maximum Gasteiger partial charge on any atom is 0.331 e. The topological polar surface area (TPSA) is 88.3 Å². The molecule has 6 nitrogen and oxygen atoms in total. The molecule has 1 amide bonds. The molecule has 0 fully saturated rings. The van der Waals surface area contributed by atoms with Gasteiger partial charge in [-0.15, -0.1) is 0 Å². The lowest BCUT2D eigenvalue weighted by Gasteiger charge is -2.27. The first-order valence-electron chi connectivity index (χ1n) is 8.11. The van der Waals surface area contributed by atoms with Gasteiger partial charge in [-0.25, -0.2) is 4.79 Å². The molecule has 2 aromatic rings. The number of esters is 1. The zero-order valence-electron chi connectivity index (χ0n) is 14.6. The summed E-state index contributed by atoms with van der Waals surface area (Å²) in [7, 11) is 1.27. The summed E-state index contributed by atoms with van der Waals surface area (Å²) in [5.74, 6) is -1.15. The average molecular weight is 342 g/mol. The molecule has 0 bridgehead atoms. The smallest absolute Gasteiger partial charge is 0.331 e. The van der Waals surface area contributed by atoms with Crippen molar-refractivity contribution in [1.29, 1.82) is 0 Å². The molecule has 1 heterocycles. The normalized spacial score (nSPS) is 12.9. The van der Waals surface area contributed by atoms with E-state index < -0.39 is 23.0 Å². The molecule has 25 heavy (non-hydrogen) atoms. The third kappa shape index (κ3) is 4.15. The van der Waals surface area contributed by atoms with Crippen molar-refractivity contribution in [3.8, 4) is 11.3 Å². The molecule has 1 aromatic carbocycles. The van der Waals surface area contributed by atoms with Gasteiger partial charge in [0, 0.05) is 5.69 Å². The fraction of sp³-hybridized carbons (Fsp3) is 0.316. The molecule has 1 atom stereocenters. The molecule has 0 radical (unpaired) electrons. The highest BCUT2D eigenvalue weighted by Gasteiger charge is 2.35. The number of hydrogen-bond acceptors (Lipinski definition) is 4. The zero-order chi connectivity index (χ0) is 18.4. The average Bonchev–Trinajstić information content (AvgIpc) is 2.61. The van der Waals surface area contributed by atoms with Crippen molar-refractivity contribution in [2.75, 3.05) is 7.11 Å². The number of carbonyl (C=O) groups is 2. The zero-order valence-corrected chi connectivity index (χ0v) is 14.6. The lowest BCUT2D eigenvalue weighted by molar-refractivity contribution is -0.147. The molecule has 2 N–H and O–H groups in total. The SMILES string of the molecule is CCCC(C)(NC(=O)c1ccc(-c2ccccc2)[nH]c1=O)C(=O)OC. The quantitative estimate of drug-likeness (QED) is 0.790. The first-order chi connectivity index (χ1) is 11.9. The van der Waals surface area contributed by atoms with Gasteiger partial charge in [-0.2, -0.15) is 0 Å². The number of benzene rings is 1. The highest BCUT2D eigenvalue weighted by molar-refractivity contribution is 5.97. The Morgan fingerprint density at radius 3 is 2.40 bits per heavy atom. The van der Waals surface area contributed by atoms with Gasteiger partial charge in [0.1, 0.15) is 11.1 Å². The highest BCUT2D eigenvalue weighted by atomic mass is 16.5. The minimum Gasteiger partial charge on any atom is -0.467 e. The Kier molecular flexibility index (Phi) is 5.75. The van der Waals surface area contributed by atoms with E-state index in [2.05, 4.69) is 10.3 Å². The molecule has 0 aliphatic heterocycles. The molecule has 1 unspecified atom stereocenters. The highest BCUT2D eigenvalue weighted by Crippen LogP contribution is 2.17. The van der Waals surface area contributed by atoms with Crippen LogP contribution in [-0.2, 0) is 9.53 Å². The van der Waals surface area contributed by atoms with Crippen LogP contribution in [0.15, 0.2) is 47.3 Å². The van der Waals surface area contributed by atoms with Crippen molar-refractivity contribution >= 4 is 11.9 Å². The van der Waals surface area contributed by atoms with Crippen LogP contribution in [0.2, 0.25) is 0 Å². The van der Waals surface area contributed by atoms with Gasteiger partial charge >= 0.3 is 5.97 Å². The van der Waals surface area contributed by atoms with Gasteiger partial charge in [0.05, 0.1) is 7.11 Å². The Hall–Kier alpha value is -2.89. The number of methoxy groups -OCH3 is 1. The van der Waals surface area contributed by atoms with E-state index in [0.717, 1.165) is 5.56 Å². The number of nitrogens with one attached hydrogen (secondary N) is 2. The summed E-state index contributed by atoms with van der Waals surface area (Å²) in [6, 6.07) is 12.5. The lowest BCUT2D eigenvalue weighted by atomic mass is 9.95. The second kappa shape index (κ2) is 7.79. The van der Waals surface area contributed by atoms with Crippen molar-refractivity contribution < 1.29 is 14.3 Å². The molecule has 0 saturated carbocycles. The summed E-state index contributed by atoms with van der Waals surface area (Å²) in [6.07, 6.45) is 1.08. The van der Waals surface area contributed by atoms with Gasteiger partial charge in [-0.3, -0.25) is 9.59 Å². The minimum absolute atomic E-state index is 0.0501. The third-order valence-electron chi connectivity index (χ3n) is 4.01. The number of pyridine rings is 1. The van der Waals surface area contributed by atoms with Gasteiger partial charge in [-0.1, -0.05) is 43.7 Å². The van der Waals surface area contributed by atoms with Crippen LogP contribution in [0.25, 0.3) is 11.3 Å². The first-order valence-corrected chi connectivity index (χ1v) is 8.11. The number of aromatic amines is 1. The van der Waals surface area contributed by atoms with E-state index in [1.54, 1.807) is 13.0 Å². The monoisotopic (exact) mass is 342 g/mol. The number of carbonyl (C=O) groups excluding carboxylic acids is 2. The van der Waals surface area contributed by atoms with E-state index in [9.17, 15) is 14.4 Å². The fourth-order valence-electron chi connectivity index (χ4n) is 2.70. The Labute approximate surface area is 146 Å². The van der Waals surface area contributed by atoms with Crippen LogP contribution in [0.1, 0.15) is 37.0 Å². The molecule has 0 saturated heterocycles. The van der Waals surface area contributed by atoms with E-state index in [-0.39, 0.29) is 5.56 Å². The second-order valence-electron chi connectivity index (χ2n) is 6.01. The van der Waals surface area contributed by atoms with E-state index in [4.69, 9.17) is 4.74 Å². The standard InChI is InChI=1S/C19H22N2O4/c1-4-12-19(2,18(24)25-3)21-17(23)14-10-11-15(20-16(14)22)13-8-6-5-7-9-13/h5-11H,4,12H2,1-3H3,(H,20,22)(H,21,23). The molecule has 0 aliphatic carbocycles. The fourth-order valence-corrected chi connectivity index (χ4v) is 2.70. The van der Waals surface area contributed by atoms with Crippen molar-refractivity contribution in [2.45, 2.75) is 32.2 Å². The Morgan fingerprint density at radius 2 is 1.84 bits per heavy atom. The number of H-pyrrole nitrogens is 1. The van der Waals surface area contributed by atoms with Gasteiger partial charge in [0.25, 0.3) is 11.5 Å². The summed E-state index contributed by atoms with van der Waals surface area (Å²) in [6.45, 7) is 3.49. The summed E-state index contributed by atoms with van der Waals surface area (Å²) in [5, 5.41) is 2.63. The molecule has 0 spiro atoms. The molecular weight excluding hydrogens is 320 g/mol. The predicted octanol–water partition coefficient (Wildman–Crippen LogP) is 2.50. The number of ether oxygens (including phenoxy) is 1. The van der Waals surface area contributed by atoms with Crippen molar-refractivity contribution in [3.05, 3.63) is 58.4 Å². The maximum atomic E-state index is 12.5. The lowest BCUT2D eigenvalue weighted by Crippen LogP contribution is -2.53. The summed E-state index contributed by atoms with van der Waals surface area (Å²) >= 11 is 0.